The van der Waals surface area contributed by atoms with Crippen molar-refractivity contribution in [1.82, 2.24) is 0 Å². The van der Waals surface area contributed by atoms with Crippen LogP contribution in [-0.4, -0.2) is 0 Å². The fourth-order valence-corrected chi connectivity index (χ4v) is 13.3. The van der Waals surface area contributed by atoms with Gasteiger partial charge in [0.15, 0.2) is 0 Å². The normalized spacial score (nSPS) is 79.6. The summed E-state index contributed by atoms with van der Waals surface area (Å²) in [4.78, 5) is 0. The Balaban J connectivity index is 1.67. The number of hydrogen-bond donors (Lipinski definition) is 0. The van der Waals surface area contributed by atoms with Gasteiger partial charge in [-0.3, -0.25) is 0 Å². The van der Waals surface area contributed by atoms with Crippen LogP contribution in [0.25, 0.3) is 0 Å². The molecule has 12 atom stereocenters. The third-order valence-corrected chi connectivity index (χ3v) is 13.6. The zero-order valence-corrected chi connectivity index (χ0v) is 16.6. The van der Waals surface area contributed by atoms with Gasteiger partial charge in [0.2, 0.25) is 0 Å². The topological polar surface area (TPSA) is 0 Å². The lowest BCUT2D eigenvalue weighted by Gasteiger charge is -2.94. The van der Waals surface area contributed by atoms with Gasteiger partial charge >= 0.3 is 0 Å². The summed E-state index contributed by atoms with van der Waals surface area (Å²) >= 11 is 0. The van der Waals surface area contributed by atoms with Gasteiger partial charge in [-0.2, -0.15) is 0 Å². The SMILES string of the molecule is CCC(C)C1C(C)C2(C)C3(C)C(C)C45CC6C(C)C(C)(C12C4)C653. The standard InChI is InChI=1S/C23H36/c1-9-12(2)17-14(4)18(6)20(8)15(5)21-10-16-13(3)19(7,23(16,20)21)22(17,18)11-21/h12-17H,9-11H2,1-8H3. The molecule has 0 aromatic heterocycles. The van der Waals surface area contributed by atoms with Gasteiger partial charge < -0.3 is 0 Å². The minimum atomic E-state index is 0.618. The molecular formula is C23H36. The number of fused-ring (bicyclic) bond motifs is 1. The summed E-state index contributed by atoms with van der Waals surface area (Å²) in [6.07, 6.45) is 4.59. The summed E-state index contributed by atoms with van der Waals surface area (Å²) in [5.74, 6) is 5.92. The van der Waals surface area contributed by atoms with Gasteiger partial charge in [0, 0.05) is 0 Å². The highest BCUT2D eigenvalue weighted by Crippen LogP contribution is 3.16. The van der Waals surface area contributed by atoms with Gasteiger partial charge in [0.1, 0.15) is 0 Å². The van der Waals surface area contributed by atoms with Crippen LogP contribution in [-0.2, 0) is 0 Å². The lowest BCUT2D eigenvalue weighted by Crippen LogP contribution is -2.90. The molecule has 6 rings (SSSR count). The third-order valence-electron chi connectivity index (χ3n) is 13.6. The van der Waals surface area contributed by atoms with Crippen molar-refractivity contribution in [2.75, 3.05) is 0 Å². The highest BCUT2D eigenvalue weighted by atomic mass is 15.1. The molecule has 0 amide bonds. The Morgan fingerprint density at radius 1 is 0.957 bits per heavy atom. The van der Waals surface area contributed by atoms with E-state index in [1.807, 2.05) is 0 Å². The molecule has 0 radical (unpaired) electrons. The smallest absolute Gasteiger partial charge is 0.00825 e. The first-order chi connectivity index (χ1) is 10.6. The molecule has 6 aliphatic carbocycles. The van der Waals surface area contributed by atoms with Crippen molar-refractivity contribution < 1.29 is 0 Å². The Morgan fingerprint density at radius 3 is 2.22 bits per heavy atom. The number of rotatable bonds is 2. The summed E-state index contributed by atoms with van der Waals surface area (Å²) in [6.45, 7) is 21.3. The van der Waals surface area contributed by atoms with E-state index >= 15 is 0 Å². The van der Waals surface area contributed by atoms with E-state index in [0.29, 0.717) is 21.7 Å². The van der Waals surface area contributed by atoms with Crippen molar-refractivity contribution in [3.05, 3.63) is 0 Å². The minimum Gasteiger partial charge on any atom is -0.0651 e. The molecule has 0 N–H and O–H groups in total. The maximum absolute atomic E-state index is 2.80. The molecule has 12 unspecified atom stereocenters. The Bertz CT molecular complexity index is 659. The van der Waals surface area contributed by atoms with Crippen LogP contribution in [0, 0.1) is 68.0 Å². The Hall–Kier alpha value is 0. The van der Waals surface area contributed by atoms with E-state index in [9.17, 15) is 0 Å². The lowest BCUT2D eigenvalue weighted by molar-refractivity contribution is -0.471. The van der Waals surface area contributed by atoms with Crippen LogP contribution in [0.3, 0.4) is 0 Å². The molecule has 2 spiro atoms. The monoisotopic (exact) mass is 312 g/mol. The maximum Gasteiger partial charge on any atom is -0.00825 e. The maximum atomic E-state index is 2.80. The number of hydrogen-bond acceptors (Lipinski definition) is 0. The van der Waals surface area contributed by atoms with Gasteiger partial charge in [0.25, 0.3) is 0 Å². The predicted molar refractivity (Wildman–Crippen MR) is 94.8 cm³/mol. The zero-order valence-electron chi connectivity index (χ0n) is 16.6. The summed E-state index contributed by atoms with van der Waals surface area (Å²) in [5, 5.41) is 0. The van der Waals surface area contributed by atoms with Gasteiger partial charge in [-0.1, -0.05) is 61.8 Å². The molecule has 2 bridgehead atoms. The second kappa shape index (κ2) is 2.99. The first kappa shape index (κ1) is 14.2. The van der Waals surface area contributed by atoms with Crippen LogP contribution in [0.15, 0.2) is 0 Å². The average Bonchev–Trinajstić information content (AvgIpc) is 2.61. The molecule has 128 valence electrons. The average molecular weight is 313 g/mol. The molecule has 0 saturated heterocycles. The van der Waals surface area contributed by atoms with Crippen LogP contribution < -0.4 is 0 Å². The second-order valence-corrected chi connectivity index (χ2v) is 11.7. The van der Waals surface area contributed by atoms with Crippen molar-refractivity contribution in [3.63, 3.8) is 0 Å². The quantitative estimate of drug-likeness (QED) is 0.585. The van der Waals surface area contributed by atoms with Gasteiger partial charge in [-0.05, 0) is 80.8 Å². The highest BCUT2D eigenvalue weighted by molar-refractivity contribution is 5.58. The molecular weight excluding hydrogens is 276 g/mol. The zero-order chi connectivity index (χ0) is 16.6. The van der Waals surface area contributed by atoms with E-state index in [4.69, 9.17) is 0 Å². The minimum absolute atomic E-state index is 0.618. The van der Waals surface area contributed by atoms with Crippen LogP contribution >= 0.6 is 0 Å². The summed E-state index contributed by atoms with van der Waals surface area (Å²) < 4.78 is 0. The Labute approximate surface area is 143 Å². The molecule has 0 nitrogen and oxygen atoms in total. The van der Waals surface area contributed by atoms with E-state index in [1.54, 1.807) is 12.8 Å². The van der Waals surface area contributed by atoms with Crippen LogP contribution in [0.5, 0.6) is 0 Å². The van der Waals surface area contributed by atoms with Crippen molar-refractivity contribution in [2.45, 2.75) is 74.7 Å². The van der Waals surface area contributed by atoms with Crippen LogP contribution in [0.4, 0.5) is 0 Å². The fraction of sp³-hybridized carbons (Fsp3) is 1.00. The molecule has 0 aromatic carbocycles. The lowest BCUT2D eigenvalue weighted by atomic mass is 9.10. The predicted octanol–water partition coefficient (Wildman–Crippen LogP) is 6.01. The van der Waals surface area contributed by atoms with Gasteiger partial charge in [-0.15, -0.1) is 0 Å². The third kappa shape index (κ3) is 0.665. The van der Waals surface area contributed by atoms with E-state index in [2.05, 4.69) is 55.4 Å². The molecule has 6 saturated carbocycles. The molecule has 6 fully saturated rings. The van der Waals surface area contributed by atoms with E-state index in [0.717, 1.165) is 46.3 Å². The Morgan fingerprint density at radius 2 is 1.61 bits per heavy atom. The molecule has 0 aromatic rings. The molecule has 0 heterocycles. The first-order valence-electron chi connectivity index (χ1n) is 10.6. The van der Waals surface area contributed by atoms with Crippen LogP contribution in [0.1, 0.15) is 74.7 Å². The van der Waals surface area contributed by atoms with Crippen molar-refractivity contribution >= 4 is 0 Å². The molecule has 23 heavy (non-hydrogen) atoms. The molecule has 6 aliphatic rings. The highest BCUT2D eigenvalue weighted by Gasteiger charge is 3.12. The van der Waals surface area contributed by atoms with Crippen molar-refractivity contribution in [3.8, 4) is 0 Å². The Kier molecular flexibility index (Phi) is 1.84. The second-order valence-electron chi connectivity index (χ2n) is 11.7. The van der Waals surface area contributed by atoms with Crippen LogP contribution in [0.2, 0.25) is 0 Å². The largest absolute Gasteiger partial charge is 0.0651 e. The van der Waals surface area contributed by atoms with E-state index in [1.165, 1.54) is 6.42 Å². The first-order valence-corrected chi connectivity index (χ1v) is 10.6. The van der Waals surface area contributed by atoms with E-state index < -0.39 is 0 Å². The van der Waals surface area contributed by atoms with Gasteiger partial charge in [-0.25, -0.2) is 0 Å². The van der Waals surface area contributed by atoms with Crippen molar-refractivity contribution in [1.29, 1.82) is 0 Å². The van der Waals surface area contributed by atoms with Crippen molar-refractivity contribution in [2.24, 2.45) is 68.0 Å². The summed E-state index contributed by atoms with van der Waals surface area (Å²) in [6, 6.07) is 0. The fourth-order valence-electron chi connectivity index (χ4n) is 13.3. The molecule has 0 heteroatoms. The van der Waals surface area contributed by atoms with Gasteiger partial charge in [0.05, 0.1) is 0 Å². The summed E-state index contributed by atoms with van der Waals surface area (Å²) in [5.41, 5.74) is 4.15. The summed E-state index contributed by atoms with van der Waals surface area (Å²) in [7, 11) is 0. The molecule has 0 aliphatic heterocycles. The van der Waals surface area contributed by atoms with E-state index in [-0.39, 0.29) is 0 Å².